The van der Waals surface area contributed by atoms with E-state index in [1.807, 2.05) is 4.90 Å². The zero-order chi connectivity index (χ0) is 22.2. The predicted molar refractivity (Wildman–Crippen MR) is 105 cm³/mol. The van der Waals surface area contributed by atoms with Gasteiger partial charge in [0.25, 0.3) is 10.0 Å². The zero-order valence-corrected chi connectivity index (χ0v) is 17.6. The summed E-state index contributed by atoms with van der Waals surface area (Å²) in [4.78, 5) is 2.20. The Labute approximate surface area is 179 Å². The average molecular weight is 475 g/mol. The average Bonchev–Trinajstić information content (AvgIpc) is 3.39. The Hall–Kier alpha value is -2.28. The van der Waals surface area contributed by atoms with Crippen molar-refractivity contribution >= 4 is 21.4 Å². The van der Waals surface area contributed by atoms with E-state index in [1.165, 1.54) is 28.6 Å². The van der Waals surface area contributed by atoms with Gasteiger partial charge in [-0.05, 0) is 36.2 Å². The summed E-state index contributed by atoms with van der Waals surface area (Å²) in [6.45, 7) is 1.66. The number of alkyl halides is 3. The van der Waals surface area contributed by atoms with Crippen molar-refractivity contribution in [3.8, 4) is 10.6 Å². The molecule has 12 heteroatoms. The fourth-order valence-electron chi connectivity index (χ4n) is 3.26. The second-order valence-corrected chi connectivity index (χ2v) is 10.3. The molecule has 2 aromatic heterocycles. The van der Waals surface area contributed by atoms with Gasteiger partial charge in [0.1, 0.15) is 15.7 Å². The van der Waals surface area contributed by atoms with E-state index >= 15 is 0 Å². The molecule has 1 fully saturated rings. The Bertz CT molecular complexity index is 1160. The standard InChI is InChI=1S/C19H17F4N3O3S2/c20-14-4-2-13(3-5-14)11-25-8-1-9-26(12-25)31(27,28)18-7-6-16(30-18)15-10-17(29-24-15)19(21,22)23/h2-7,10H,1,8-9,11-12H2. The maximum Gasteiger partial charge on any atom is 0.452 e. The lowest BCUT2D eigenvalue weighted by Crippen LogP contribution is -2.46. The van der Waals surface area contributed by atoms with Gasteiger partial charge in [0.2, 0.25) is 5.76 Å². The molecule has 0 N–H and O–H groups in total. The van der Waals surface area contributed by atoms with Crippen LogP contribution in [0.15, 0.2) is 51.2 Å². The van der Waals surface area contributed by atoms with Gasteiger partial charge >= 0.3 is 6.18 Å². The van der Waals surface area contributed by atoms with Crippen LogP contribution in [0.3, 0.4) is 0 Å². The number of hydrogen-bond donors (Lipinski definition) is 0. The molecule has 0 saturated carbocycles. The van der Waals surface area contributed by atoms with E-state index in [-0.39, 0.29) is 27.3 Å². The highest BCUT2D eigenvalue weighted by Gasteiger charge is 2.37. The first-order valence-corrected chi connectivity index (χ1v) is 11.5. The van der Waals surface area contributed by atoms with Gasteiger partial charge in [0.05, 0.1) is 11.5 Å². The molecule has 0 aliphatic carbocycles. The van der Waals surface area contributed by atoms with Crippen molar-refractivity contribution in [1.82, 2.24) is 14.4 Å². The smallest absolute Gasteiger partial charge is 0.351 e. The van der Waals surface area contributed by atoms with Crippen molar-refractivity contribution in [2.45, 2.75) is 23.4 Å². The quantitative estimate of drug-likeness (QED) is 0.512. The molecule has 0 bridgehead atoms. The summed E-state index contributed by atoms with van der Waals surface area (Å²) in [7, 11) is -3.83. The molecule has 0 spiro atoms. The summed E-state index contributed by atoms with van der Waals surface area (Å²) >= 11 is 0.838. The minimum absolute atomic E-state index is 0.0164. The number of halogens is 4. The molecule has 1 aliphatic rings. The second kappa shape index (κ2) is 8.34. The molecule has 3 heterocycles. The maximum atomic E-state index is 13.1. The summed E-state index contributed by atoms with van der Waals surface area (Å²) in [6.07, 6.45) is -4.05. The number of hydrogen-bond acceptors (Lipinski definition) is 6. The molecule has 0 amide bonds. The molecule has 3 aromatic rings. The number of thiophene rings is 1. The van der Waals surface area contributed by atoms with Crippen LogP contribution in [0, 0.1) is 5.82 Å². The number of rotatable bonds is 5. The highest BCUT2D eigenvalue weighted by atomic mass is 32.2. The molecule has 0 radical (unpaired) electrons. The van der Waals surface area contributed by atoms with Crippen LogP contribution in [0.4, 0.5) is 17.6 Å². The predicted octanol–water partition coefficient (Wildman–Crippen LogP) is 4.42. The lowest BCUT2D eigenvalue weighted by molar-refractivity contribution is -0.155. The molecule has 0 atom stereocenters. The number of aromatic nitrogens is 1. The van der Waals surface area contributed by atoms with Crippen LogP contribution in [0.2, 0.25) is 0 Å². The number of sulfonamides is 1. The minimum Gasteiger partial charge on any atom is -0.351 e. The Morgan fingerprint density at radius 1 is 1.10 bits per heavy atom. The lowest BCUT2D eigenvalue weighted by Gasteiger charge is -2.34. The van der Waals surface area contributed by atoms with Crippen LogP contribution in [0.5, 0.6) is 0 Å². The number of nitrogens with zero attached hydrogens (tertiary/aromatic N) is 3. The SMILES string of the molecule is O=S(=O)(c1ccc(-c2cc(C(F)(F)F)on2)s1)N1CCCN(Cc2ccc(F)cc2)C1. The van der Waals surface area contributed by atoms with Crippen LogP contribution < -0.4 is 0 Å². The first-order valence-electron chi connectivity index (χ1n) is 9.24. The van der Waals surface area contributed by atoms with E-state index in [0.717, 1.165) is 23.0 Å². The van der Waals surface area contributed by atoms with Crippen molar-refractivity contribution in [3.63, 3.8) is 0 Å². The third-order valence-corrected chi connectivity index (χ3v) is 8.18. The van der Waals surface area contributed by atoms with Crippen molar-refractivity contribution in [2.24, 2.45) is 0 Å². The minimum atomic E-state index is -4.67. The normalized spacial score (nSPS) is 16.6. The summed E-state index contributed by atoms with van der Waals surface area (Å²) in [5, 5.41) is 3.40. The zero-order valence-electron chi connectivity index (χ0n) is 16.0. The van der Waals surface area contributed by atoms with E-state index in [4.69, 9.17) is 0 Å². The molecule has 31 heavy (non-hydrogen) atoms. The van der Waals surface area contributed by atoms with E-state index in [2.05, 4.69) is 9.68 Å². The highest BCUT2D eigenvalue weighted by molar-refractivity contribution is 7.91. The van der Waals surface area contributed by atoms with Crippen molar-refractivity contribution < 1.29 is 30.5 Å². The highest BCUT2D eigenvalue weighted by Crippen LogP contribution is 2.36. The van der Waals surface area contributed by atoms with Gasteiger partial charge in [-0.15, -0.1) is 11.3 Å². The third-order valence-electron chi connectivity index (χ3n) is 4.78. The summed E-state index contributed by atoms with van der Waals surface area (Å²) in [5.41, 5.74) is 0.793. The van der Waals surface area contributed by atoms with Gasteiger partial charge < -0.3 is 4.52 Å². The molecular formula is C19H17F4N3O3S2. The van der Waals surface area contributed by atoms with Crippen LogP contribution in [-0.4, -0.2) is 42.5 Å². The fraction of sp³-hybridized carbons (Fsp3) is 0.316. The van der Waals surface area contributed by atoms with E-state index in [9.17, 15) is 26.0 Å². The number of benzene rings is 1. The summed E-state index contributed by atoms with van der Waals surface area (Å²) in [5.74, 6) is -1.58. The first-order chi connectivity index (χ1) is 14.6. The maximum absolute atomic E-state index is 13.1. The lowest BCUT2D eigenvalue weighted by atomic mass is 10.2. The van der Waals surface area contributed by atoms with Gasteiger partial charge in [-0.1, -0.05) is 17.3 Å². The van der Waals surface area contributed by atoms with Crippen LogP contribution in [0.25, 0.3) is 10.6 Å². The van der Waals surface area contributed by atoms with E-state index < -0.39 is 22.0 Å². The molecule has 166 valence electrons. The van der Waals surface area contributed by atoms with Crippen LogP contribution in [0.1, 0.15) is 17.7 Å². The van der Waals surface area contributed by atoms with Gasteiger partial charge in [-0.3, -0.25) is 4.90 Å². The van der Waals surface area contributed by atoms with Crippen molar-refractivity contribution in [1.29, 1.82) is 0 Å². The van der Waals surface area contributed by atoms with E-state index in [1.54, 1.807) is 12.1 Å². The van der Waals surface area contributed by atoms with Gasteiger partial charge in [0, 0.05) is 25.7 Å². The monoisotopic (exact) mass is 475 g/mol. The van der Waals surface area contributed by atoms with E-state index in [0.29, 0.717) is 26.1 Å². The molecule has 6 nitrogen and oxygen atoms in total. The summed E-state index contributed by atoms with van der Waals surface area (Å²) in [6, 6.07) is 9.53. The first kappa shape index (κ1) is 21.9. The Morgan fingerprint density at radius 3 is 2.52 bits per heavy atom. The topological polar surface area (TPSA) is 66.7 Å². The molecule has 0 unspecified atom stereocenters. The molecule has 1 aromatic carbocycles. The molecule has 4 rings (SSSR count). The van der Waals surface area contributed by atoms with Gasteiger partial charge in [0.15, 0.2) is 0 Å². The Morgan fingerprint density at radius 2 is 1.84 bits per heavy atom. The van der Waals surface area contributed by atoms with Gasteiger partial charge in [-0.2, -0.15) is 17.5 Å². The summed E-state index contributed by atoms with van der Waals surface area (Å²) < 4.78 is 83.0. The Balaban J connectivity index is 1.49. The second-order valence-electron chi connectivity index (χ2n) is 7.05. The van der Waals surface area contributed by atoms with Gasteiger partial charge in [-0.25, -0.2) is 12.8 Å². The molecule has 1 aliphatic heterocycles. The Kier molecular flexibility index (Phi) is 5.90. The fourth-order valence-corrected chi connectivity index (χ4v) is 6.13. The van der Waals surface area contributed by atoms with Crippen LogP contribution in [-0.2, 0) is 22.7 Å². The molecule has 1 saturated heterocycles. The van der Waals surface area contributed by atoms with Crippen molar-refractivity contribution in [3.05, 3.63) is 59.6 Å². The largest absolute Gasteiger partial charge is 0.452 e. The van der Waals surface area contributed by atoms with Crippen molar-refractivity contribution in [2.75, 3.05) is 19.8 Å². The van der Waals surface area contributed by atoms with Crippen LogP contribution >= 0.6 is 11.3 Å². The third kappa shape index (κ3) is 4.81. The molecular weight excluding hydrogens is 458 g/mol.